The zero-order chi connectivity index (χ0) is 26.6. The van der Waals surface area contributed by atoms with Crippen molar-refractivity contribution >= 4 is 11.4 Å². The number of pyridine rings is 1. The van der Waals surface area contributed by atoms with E-state index in [9.17, 15) is 18.7 Å². The second-order valence-electron chi connectivity index (χ2n) is 10.1. The van der Waals surface area contributed by atoms with E-state index in [0.717, 1.165) is 38.8 Å². The standard InChI is InChI=1S/C28H33F2N3O5/c1-36-24-12-19(13-25(38-28(29)30)27(24)23(35)11-18-5-6-18)22-15-31-26-14-21(7-10-33(22)26)37-17-20(34)16-32-8-3-2-4-9-32/h7,10,12-15,18,20,28,34H,2-6,8-9,11,16-17H2,1H3. The summed E-state index contributed by atoms with van der Waals surface area (Å²) in [7, 11) is 1.40. The molecule has 5 rings (SSSR count). The molecule has 1 N–H and O–H groups in total. The number of β-amino-alcohol motifs (C(OH)–C–C–N with tert-alkyl or cyclic N) is 1. The molecule has 204 valence electrons. The van der Waals surface area contributed by atoms with Crippen LogP contribution in [0, 0.1) is 5.92 Å². The number of halogens is 2. The van der Waals surface area contributed by atoms with Gasteiger partial charge in [-0.15, -0.1) is 0 Å². The average Bonchev–Trinajstić information content (AvgIpc) is 3.62. The Hall–Kier alpha value is -3.24. The maximum atomic E-state index is 13.3. The van der Waals surface area contributed by atoms with Crippen LogP contribution >= 0.6 is 0 Å². The third-order valence-electron chi connectivity index (χ3n) is 7.09. The van der Waals surface area contributed by atoms with Crippen molar-refractivity contribution in [2.45, 2.75) is 51.2 Å². The summed E-state index contributed by atoms with van der Waals surface area (Å²) in [6, 6.07) is 6.58. The number of ketones is 1. The number of benzene rings is 1. The molecule has 1 atom stereocenters. The summed E-state index contributed by atoms with van der Waals surface area (Å²) in [5.41, 5.74) is 1.73. The van der Waals surface area contributed by atoms with Gasteiger partial charge in [0.2, 0.25) is 0 Å². The lowest BCUT2D eigenvalue weighted by atomic mass is 10.00. The number of ether oxygens (including phenoxy) is 3. The van der Waals surface area contributed by atoms with Crippen LogP contribution in [0.1, 0.15) is 48.9 Å². The van der Waals surface area contributed by atoms with E-state index >= 15 is 0 Å². The molecule has 1 unspecified atom stereocenters. The number of aromatic nitrogens is 2. The van der Waals surface area contributed by atoms with Crippen molar-refractivity contribution < 1.29 is 32.9 Å². The Morgan fingerprint density at radius 1 is 1.16 bits per heavy atom. The van der Waals surface area contributed by atoms with Crippen LogP contribution in [0.3, 0.4) is 0 Å². The Morgan fingerprint density at radius 2 is 1.92 bits per heavy atom. The van der Waals surface area contributed by atoms with Crippen LogP contribution in [0.5, 0.6) is 17.2 Å². The second-order valence-corrected chi connectivity index (χ2v) is 10.1. The largest absolute Gasteiger partial charge is 0.496 e. The smallest absolute Gasteiger partial charge is 0.387 e. The number of fused-ring (bicyclic) bond motifs is 1. The van der Waals surface area contributed by atoms with Gasteiger partial charge in [0.05, 0.1) is 19.0 Å². The van der Waals surface area contributed by atoms with E-state index in [0.29, 0.717) is 29.2 Å². The van der Waals surface area contributed by atoms with Crippen LogP contribution in [-0.4, -0.2) is 71.2 Å². The molecule has 1 saturated heterocycles. The minimum Gasteiger partial charge on any atom is -0.496 e. The number of rotatable bonds is 12. The Labute approximate surface area is 220 Å². The number of Topliss-reactive ketones (excluding diaryl/α,β-unsaturated/α-hetero) is 1. The predicted octanol–water partition coefficient (Wildman–Crippen LogP) is 4.82. The first-order valence-corrected chi connectivity index (χ1v) is 13.1. The molecule has 38 heavy (non-hydrogen) atoms. The van der Waals surface area contributed by atoms with Crippen LogP contribution in [0.15, 0.2) is 36.7 Å². The van der Waals surface area contributed by atoms with Crippen molar-refractivity contribution in [2.24, 2.45) is 5.92 Å². The van der Waals surface area contributed by atoms with Gasteiger partial charge in [0.1, 0.15) is 41.2 Å². The molecule has 2 aliphatic rings. The van der Waals surface area contributed by atoms with E-state index in [2.05, 4.69) is 9.88 Å². The number of aliphatic hydroxyl groups excluding tert-OH is 1. The van der Waals surface area contributed by atoms with Crippen molar-refractivity contribution in [1.82, 2.24) is 14.3 Å². The van der Waals surface area contributed by atoms with Crippen molar-refractivity contribution in [3.63, 3.8) is 0 Å². The highest BCUT2D eigenvalue weighted by molar-refractivity contribution is 6.02. The molecule has 1 aliphatic heterocycles. The highest BCUT2D eigenvalue weighted by Crippen LogP contribution is 2.40. The van der Waals surface area contributed by atoms with Gasteiger partial charge in [-0.2, -0.15) is 8.78 Å². The summed E-state index contributed by atoms with van der Waals surface area (Å²) in [6.45, 7) is -0.328. The highest BCUT2D eigenvalue weighted by atomic mass is 19.3. The summed E-state index contributed by atoms with van der Waals surface area (Å²) < 4.78 is 44.4. The number of nitrogens with zero attached hydrogens (tertiary/aromatic N) is 3. The molecular formula is C28H33F2N3O5. The van der Waals surface area contributed by atoms with Crippen molar-refractivity contribution in [3.05, 3.63) is 42.2 Å². The van der Waals surface area contributed by atoms with E-state index in [4.69, 9.17) is 14.2 Å². The number of hydrogen-bond donors (Lipinski definition) is 1. The quantitative estimate of drug-likeness (QED) is 0.337. The molecule has 1 saturated carbocycles. The Kier molecular flexibility index (Phi) is 8.09. The van der Waals surface area contributed by atoms with Crippen molar-refractivity contribution in [3.8, 4) is 28.5 Å². The molecule has 8 nitrogen and oxygen atoms in total. The maximum absolute atomic E-state index is 13.3. The first-order valence-electron chi connectivity index (χ1n) is 13.1. The van der Waals surface area contributed by atoms with Crippen LogP contribution in [0.2, 0.25) is 0 Å². The van der Waals surface area contributed by atoms with Gasteiger partial charge in [-0.25, -0.2) is 4.98 Å². The number of likely N-dealkylation sites (tertiary alicyclic amines) is 1. The predicted molar refractivity (Wildman–Crippen MR) is 137 cm³/mol. The van der Waals surface area contributed by atoms with Crippen LogP contribution in [0.4, 0.5) is 8.78 Å². The number of alkyl halides is 2. The number of methoxy groups -OCH3 is 1. The molecule has 0 spiro atoms. The molecule has 1 aromatic carbocycles. The van der Waals surface area contributed by atoms with Gasteiger partial charge < -0.3 is 24.2 Å². The van der Waals surface area contributed by atoms with Gasteiger partial charge in [-0.05, 0) is 62.9 Å². The van der Waals surface area contributed by atoms with Crippen LogP contribution in [-0.2, 0) is 0 Å². The Bertz CT molecular complexity index is 1270. The van der Waals surface area contributed by atoms with E-state index in [1.54, 1.807) is 35.0 Å². The zero-order valence-corrected chi connectivity index (χ0v) is 21.4. The van der Waals surface area contributed by atoms with Gasteiger partial charge in [0, 0.05) is 30.8 Å². The van der Waals surface area contributed by atoms with Gasteiger partial charge in [0.15, 0.2) is 5.78 Å². The molecule has 2 fully saturated rings. The monoisotopic (exact) mass is 529 g/mol. The van der Waals surface area contributed by atoms with Crippen molar-refractivity contribution in [2.75, 3.05) is 33.4 Å². The highest BCUT2D eigenvalue weighted by Gasteiger charge is 2.30. The van der Waals surface area contributed by atoms with Gasteiger partial charge in [-0.1, -0.05) is 6.42 Å². The molecule has 0 radical (unpaired) electrons. The summed E-state index contributed by atoms with van der Waals surface area (Å²) in [4.78, 5) is 19.6. The van der Waals surface area contributed by atoms with Crippen LogP contribution in [0.25, 0.3) is 16.9 Å². The van der Waals surface area contributed by atoms with E-state index in [1.165, 1.54) is 19.6 Å². The van der Waals surface area contributed by atoms with E-state index in [1.807, 2.05) is 0 Å². The molecular weight excluding hydrogens is 496 g/mol. The summed E-state index contributed by atoms with van der Waals surface area (Å²) in [5.74, 6) is 0.549. The molecule has 3 aromatic rings. The fraction of sp³-hybridized carbons (Fsp3) is 0.500. The first-order chi connectivity index (χ1) is 18.4. The van der Waals surface area contributed by atoms with Crippen molar-refractivity contribution in [1.29, 1.82) is 0 Å². The topological polar surface area (TPSA) is 85.5 Å². The van der Waals surface area contributed by atoms with Crippen LogP contribution < -0.4 is 14.2 Å². The first kappa shape index (κ1) is 26.4. The molecule has 3 heterocycles. The second kappa shape index (κ2) is 11.7. The fourth-order valence-electron chi connectivity index (χ4n) is 5.00. The Balaban J connectivity index is 1.36. The van der Waals surface area contributed by atoms with Gasteiger partial charge in [0.25, 0.3) is 0 Å². The number of piperidine rings is 1. The lowest BCUT2D eigenvalue weighted by Gasteiger charge is -2.28. The third-order valence-corrected chi connectivity index (χ3v) is 7.09. The van der Waals surface area contributed by atoms with Gasteiger partial charge in [-0.3, -0.25) is 9.20 Å². The minimum atomic E-state index is -3.09. The normalized spacial score (nSPS) is 17.1. The lowest BCUT2D eigenvalue weighted by molar-refractivity contribution is -0.0502. The zero-order valence-electron chi connectivity index (χ0n) is 21.4. The number of carbonyl (C=O) groups excluding carboxylic acids is 1. The van der Waals surface area contributed by atoms with E-state index in [-0.39, 0.29) is 41.8 Å². The molecule has 1 aliphatic carbocycles. The molecule has 0 bridgehead atoms. The number of aliphatic hydroxyl groups is 1. The third kappa shape index (κ3) is 6.24. The molecule has 2 aromatic heterocycles. The number of carbonyl (C=O) groups is 1. The van der Waals surface area contributed by atoms with E-state index < -0.39 is 12.7 Å². The fourth-order valence-corrected chi connectivity index (χ4v) is 5.00. The lowest BCUT2D eigenvalue weighted by Crippen LogP contribution is -2.38. The summed E-state index contributed by atoms with van der Waals surface area (Å²) in [6.07, 6.45) is 8.53. The average molecular weight is 530 g/mol. The molecule has 0 amide bonds. The molecule has 10 heteroatoms. The summed E-state index contributed by atoms with van der Waals surface area (Å²) >= 11 is 0. The maximum Gasteiger partial charge on any atom is 0.387 e. The Morgan fingerprint density at radius 3 is 2.63 bits per heavy atom. The van der Waals surface area contributed by atoms with Gasteiger partial charge >= 0.3 is 6.61 Å². The minimum absolute atomic E-state index is 0.0380. The number of imidazole rings is 1. The summed E-state index contributed by atoms with van der Waals surface area (Å²) in [5, 5.41) is 10.4. The SMILES string of the molecule is COc1cc(-c2cnc3cc(OCC(O)CN4CCCCC4)ccn23)cc(OC(F)F)c1C(=O)CC1CC1. The number of hydrogen-bond acceptors (Lipinski definition) is 7.